The number of methoxy groups -OCH3 is 1. The Morgan fingerprint density at radius 3 is 2.59 bits per heavy atom. The van der Waals surface area contributed by atoms with Crippen molar-refractivity contribution in [2.75, 3.05) is 20.3 Å². The number of benzene rings is 1. The van der Waals surface area contributed by atoms with Crippen LogP contribution in [0.1, 0.15) is 37.0 Å². The first-order chi connectivity index (χ1) is 10.6. The molecule has 1 aliphatic carbocycles. The van der Waals surface area contributed by atoms with Gasteiger partial charge in [-0.25, -0.2) is 0 Å². The summed E-state index contributed by atoms with van der Waals surface area (Å²) in [4.78, 5) is 26.4. The molecule has 22 heavy (non-hydrogen) atoms. The smallest absolute Gasteiger partial charge is 0.310 e. The molecule has 1 unspecified atom stereocenters. The summed E-state index contributed by atoms with van der Waals surface area (Å²) in [6, 6.07) is 7.39. The second-order valence-corrected chi connectivity index (χ2v) is 5.54. The fourth-order valence-corrected chi connectivity index (χ4v) is 2.41. The second-order valence-electron chi connectivity index (χ2n) is 5.54. The monoisotopic (exact) mass is 305 g/mol. The van der Waals surface area contributed by atoms with Gasteiger partial charge in [-0.05, 0) is 31.9 Å². The van der Waals surface area contributed by atoms with Crippen molar-refractivity contribution < 1.29 is 19.1 Å². The number of ether oxygens (including phenoxy) is 2. The number of hydrogen-bond donors (Lipinski definition) is 0. The maximum atomic E-state index is 12.8. The van der Waals surface area contributed by atoms with Gasteiger partial charge < -0.3 is 14.4 Å². The molecule has 1 aromatic carbocycles. The number of rotatable bonds is 7. The molecule has 1 saturated carbocycles. The Balaban J connectivity index is 2.14. The zero-order chi connectivity index (χ0) is 16.1. The quantitative estimate of drug-likeness (QED) is 0.726. The molecule has 120 valence electrons. The van der Waals surface area contributed by atoms with E-state index in [2.05, 4.69) is 0 Å². The number of carbonyl (C=O) groups is 2. The molecule has 0 aromatic heterocycles. The molecular weight excluding hydrogens is 282 g/mol. The molecule has 0 aliphatic heterocycles. The Morgan fingerprint density at radius 2 is 2.00 bits per heavy atom. The third-order valence-electron chi connectivity index (χ3n) is 3.75. The third kappa shape index (κ3) is 3.78. The van der Waals surface area contributed by atoms with Gasteiger partial charge in [0, 0.05) is 12.6 Å². The zero-order valence-corrected chi connectivity index (χ0v) is 13.4. The predicted octanol–water partition coefficient (Wildman–Crippen LogP) is 2.50. The Morgan fingerprint density at radius 1 is 1.32 bits per heavy atom. The first-order valence-corrected chi connectivity index (χ1v) is 7.69. The van der Waals surface area contributed by atoms with Gasteiger partial charge in [0.15, 0.2) is 0 Å². The van der Waals surface area contributed by atoms with E-state index in [-0.39, 0.29) is 23.8 Å². The second kappa shape index (κ2) is 7.29. The number of amides is 1. The van der Waals surface area contributed by atoms with Crippen molar-refractivity contribution in [1.29, 1.82) is 0 Å². The van der Waals surface area contributed by atoms with Crippen molar-refractivity contribution in [3.63, 3.8) is 0 Å². The minimum absolute atomic E-state index is 0.0869. The van der Waals surface area contributed by atoms with Crippen molar-refractivity contribution in [3.05, 3.63) is 29.8 Å². The van der Waals surface area contributed by atoms with Crippen LogP contribution >= 0.6 is 0 Å². The van der Waals surface area contributed by atoms with Crippen LogP contribution in [0.3, 0.4) is 0 Å². The number of para-hydroxylation sites is 1. The van der Waals surface area contributed by atoms with Gasteiger partial charge in [-0.1, -0.05) is 19.1 Å². The molecule has 1 amide bonds. The van der Waals surface area contributed by atoms with E-state index in [9.17, 15) is 9.59 Å². The van der Waals surface area contributed by atoms with Crippen LogP contribution in [-0.4, -0.2) is 43.1 Å². The molecule has 0 saturated heterocycles. The van der Waals surface area contributed by atoms with E-state index >= 15 is 0 Å². The van der Waals surface area contributed by atoms with Crippen LogP contribution in [0.2, 0.25) is 0 Å². The zero-order valence-electron chi connectivity index (χ0n) is 13.4. The van der Waals surface area contributed by atoms with Crippen molar-refractivity contribution in [1.82, 2.24) is 4.90 Å². The lowest BCUT2D eigenvalue weighted by molar-refractivity contribution is -0.147. The molecule has 5 nitrogen and oxygen atoms in total. The highest BCUT2D eigenvalue weighted by Crippen LogP contribution is 2.31. The van der Waals surface area contributed by atoms with Gasteiger partial charge in [0.2, 0.25) is 0 Å². The Hall–Kier alpha value is -2.04. The van der Waals surface area contributed by atoms with E-state index in [1.165, 1.54) is 0 Å². The van der Waals surface area contributed by atoms with Gasteiger partial charge in [-0.2, -0.15) is 0 Å². The maximum absolute atomic E-state index is 12.8. The summed E-state index contributed by atoms with van der Waals surface area (Å²) >= 11 is 0. The predicted molar refractivity (Wildman–Crippen MR) is 82.8 cm³/mol. The van der Waals surface area contributed by atoms with Crippen LogP contribution in [0, 0.1) is 5.92 Å². The highest BCUT2D eigenvalue weighted by Gasteiger charge is 2.36. The standard InChI is InChI=1S/C17H23NO4/c1-4-22-17(20)12(2)11-18(13-9-10-13)16(19)14-7-5-6-8-15(14)21-3/h5-8,12-13H,4,9-11H2,1-3H3. The minimum Gasteiger partial charge on any atom is -0.496 e. The molecule has 1 atom stereocenters. The lowest BCUT2D eigenvalue weighted by Gasteiger charge is -2.25. The SMILES string of the molecule is CCOC(=O)C(C)CN(C(=O)c1ccccc1OC)C1CC1. The Kier molecular flexibility index (Phi) is 5.41. The van der Waals surface area contributed by atoms with E-state index in [0.717, 1.165) is 12.8 Å². The van der Waals surface area contributed by atoms with Crippen molar-refractivity contribution in [3.8, 4) is 5.75 Å². The highest BCUT2D eigenvalue weighted by atomic mass is 16.5. The highest BCUT2D eigenvalue weighted by molar-refractivity contribution is 5.97. The minimum atomic E-state index is -0.334. The number of nitrogens with zero attached hydrogens (tertiary/aromatic N) is 1. The van der Waals surface area contributed by atoms with Crippen LogP contribution in [0.15, 0.2) is 24.3 Å². The van der Waals surface area contributed by atoms with Crippen LogP contribution < -0.4 is 4.74 Å². The molecule has 0 spiro atoms. The molecule has 2 rings (SSSR count). The maximum Gasteiger partial charge on any atom is 0.310 e. The van der Waals surface area contributed by atoms with Gasteiger partial charge in [0.05, 0.1) is 25.2 Å². The Labute approximate surface area is 131 Å². The summed E-state index contributed by atoms with van der Waals surface area (Å²) in [5, 5.41) is 0. The topological polar surface area (TPSA) is 55.8 Å². The van der Waals surface area contributed by atoms with Crippen molar-refractivity contribution in [2.45, 2.75) is 32.7 Å². The van der Waals surface area contributed by atoms with Gasteiger partial charge >= 0.3 is 5.97 Å². The van der Waals surface area contributed by atoms with E-state index < -0.39 is 0 Å². The summed E-state index contributed by atoms with van der Waals surface area (Å²) in [6.07, 6.45) is 1.97. The van der Waals surface area contributed by atoms with Crippen LogP contribution in [0.5, 0.6) is 5.75 Å². The number of esters is 1. The van der Waals surface area contributed by atoms with E-state index in [4.69, 9.17) is 9.47 Å². The largest absolute Gasteiger partial charge is 0.496 e. The summed E-state index contributed by atoms with van der Waals surface area (Å²) < 4.78 is 10.3. The molecule has 1 aliphatic rings. The fourth-order valence-electron chi connectivity index (χ4n) is 2.41. The Bertz CT molecular complexity index is 539. The molecule has 1 fully saturated rings. The lowest BCUT2D eigenvalue weighted by atomic mass is 10.1. The molecule has 5 heteroatoms. The van der Waals surface area contributed by atoms with Crippen LogP contribution in [-0.2, 0) is 9.53 Å². The van der Waals surface area contributed by atoms with E-state index in [1.807, 2.05) is 12.1 Å². The molecule has 1 aromatic rings. The van der Waals surface area contributed by atoms with Gasteiger partial charge in [0.1, 0.15) is 5.75 Å². The summed E-state index contributed by atoms with van der Waals surface area (Å²) in [6.45, 7) is 4.31. The summed E-state index contributed by atoms with van der Waals surface area (Å²) in [5.74, 6) is -0.127. The summed E-state index contributed by atoms with van der Waals surface area (Å²) in [7, 11) is 1.55. The van der Waals surface area contributed by atoms with Crippen LogP contribution in [0.4, 0.5) is 0 Å². The molecule has 0 radical (unpaired) electrons. The number of hydrogen-bond acceptors (Lipinski definition) is 4. The first kappa shape index (κ1) is 16.3. The van der Waals surface area contributed by atoms with Gasteiger partial charge in [-0.3, -0.25) is 9.59 Å². The molecule has 0 N–H and O–H groups in total. The molecular formula is C17H23NO4. The average Bonchev–Trinajstić information content (AvgIpc) is 3.36. The lowest BCUT2D eigenvalue weighted by Crippen LogP contribution is -2.39. The summed E-state index contributed by atoms with van der Waals surface area (Å²) in [5.41, 5.74) is 0.535. The van der Waals surface area contributed by atoms with Gasteiger partial charge in [0.25, 0.3) is 5.91 Å². The average molecular weight is 305 g/mol. The van der Waals surface area contributed by atoms with Crippen LogP contribution in [0.25, 0.3) is 0 Å². The van der Waals surface area contributed by atoms with E-state index in [0.29, 0.717) is 24.5 Å². The van der Waals surface area contributed by atoms with Gasteiger partial charge in [-0.15, -0.1) is 0 Å². The fraction of sp³-hybridized carbons (Fsp3) is 0.529. The molecule has 0 heterocycles. The van der Waals surface area contributed by atoms with Crippen molar-refractivity contribution >= 4 is 11.9 Å². The normalized spacial score (nSPS) is 15.0. The van der Waals surface area contributed by atoms with E-state index in [1.54, 1.807) is 38.0 Å². The number of carbonyl (C=O) groups excluding carboxylic acids is 2. The van der Waals surface area contributed by atoms with Crippen molar-refractivity contribution in [2.24, 2.45) is 5.92 Å². The molecule has 0 bridgehead atoms. The first-order valence-electron chi connectivity index (χ1n) is 7.69. The third-order valence-corrected chi connectivity index (χ3v) is 3.75.